The van der Waals surface area contributed by atoms with Gasteiger partial charge in [-0.15, -0.1) is 11.3 Å². The van der Waals surface area contributed by atoms with Gasteiger partial charge in [0.15, 0.2) is 12.9 Å². The molecule has 106 valence electrons. The molecule has 3 nitrogen and oxygen atoms in total. The lowest BCUT2D eigenvalue weighted by molar-refractivity contribution is 0.226. The van der Waals surface area contributed by atoms with E-state index >= 15 is 0 Å². The van der Waals surface area contributed by atoms with E-state index in [1.165, 1.54) is 18.4 Å². The highest BCUT2D eigenvalue weighted by atomic mass is 79.9. The third kappa shape index (κ3) is 3.34. The first kappa shape index (κ1) is 15.4. The third-order valence-electron chi connectivity index (χ3n) is 2.70. The van der Waals surface area contributed by atoms with Gasteiger partial charge in [-0.05, 0) is 28.9 Å². The van der Waals surface area contributed by atoms with E-state index in [-0.39, 0.29) is 12.1 Å². The minimum Gasteiger partial charge on any atom is -0.484 e. The van der Waals surface area contributed by atoms with Crippen LogP contribution in [0.1, 0.15) is 23.5 Å². The van der Waals surface area contributed by atoms with Crippen LogP contribution in [0.25, 0.3) is 0 Å². The molecule has 6 heteroatoms. The van der Waals surface area contributed by atoms with Crippen molar-refractivity contribution in [2.75, 3.05) is 7.11 Å². The maximum Gasteiger partial charge on any atom is 0.531 e. The number of benzene rings is 1. The number of thiophene rings is 1. The average molecular weight is 377 g/mol. The third-order valence-corrected chi connectivity index (χ3v) is 4.65. The van der Waals surface area contributed by atoms with E-state index in [1.54, 1.807) is 6.07 Å². The molecule has 0 saturated carbocycles. The second-order valence-electron chi connectivity index (χ2n) is 4.03. The van der Waals surface area contributed by atoms with Gasteiger partial charge in [-0.1, -0.05) is 29.8 Å². The largest absolute Gasteiger partial charge is 0.531 e. The first-order valence-electron chi connectivity index (χ1n) is 5.83. The molecule has 0 bridgehead atoms. The molecule has 1 heterocycles. The first-order valence-corrected chi connectivity index (χ1v) is 7.82. The van der Waals surface area contributed by atoms with Gasteiger partial charge in [0.2, 0.25) is 4.88 Å². The summed E-state index contributed by atoms with van der Waals surface area (Å²) >= 11 is 10.9. The van der Waals surface area contributed by atoms with Crippen molar-refractivity contribution < 1.29 is 14.3 Å². The fourth-order valence-electron chi connectivity index (χ4n) is 1.73. The van der Waals surface area contributed by atoms with Gasteiger partial charge in [0.05, 0.1) is 3.79 Å². The minimum atomic E-state index is -0.242. The van der Waals surface area contributed by atoms with Gasteiger partial charge < -0.3 is 14.3 Å². The molecule has 0 aliphatic rings. The molecule has 20 heavy (non-hydrogen) atoms. The lowest BCUT2D eigenvalue weighted by Gasteiger charge is -2.15. The van der Waals surface area contributed by atoms with Crippen molar-refractivity contribution in [1.29, 1.82) is 0 Å². The smallest absolute Gasteiger partial charge is 0.484 e. The second-order valence-corrected chi connectivity index (χ2v) is 6.87. The van der Waals surface area contributed by atoms with Crippen molar-refractivity contribution in [3.05, 3.63) is 49.6 Å². The molecular weight excluding hydrogens is 364 g/mol. The number of halogens is 2. The molecule has 1 unspecified atom stereocenters. The van der Waals surface area contributed by atoms with Crippen molar-refractivity contribution >= 4 is 44.8 Å². The Hall–Kier alpha value is -1.04. The van der Waals surface area contributed by atoms with Crippen LogP contribution >= 0.6 is 38.9 Å². The molecule has 0 aliphatic heterocycles. The predicted octanol–water partition coefficient (Wildman–Crippen LogP) is 4.80. The van der Waals surface area contributed by atoms with E-state index in [0.717, 1.165) is 9.35 Å². The van der Waals surface area contributed by atoms with Gasteiger partial charge >= 0.3 is 5.97 Å². The van der Waals surface area contributed by atoms with Crippen LogP contribution in [0, 0.1) is 0 Å². The zero-order chi connectivity index (χ0) is 14.7. The Kier molecular flexibility index (Phi) is 5.07. The molecule has 0 amide bonds. The zero-order valence-electron chi connectivity index (χ0n) is 10.9. The summed E-state index contributed by atoms with van der Waals surface area (Å²) in [7, 11) is 1.41. The van der Waals surface area contributed by atoms with Crippen LogP contribution < -0.4 is 4.74 Å². The van der Waals surface area contributed by atoms with E-state index < -0.39 is 0 Å². The quantitative estimate of drug-likeness (QED) is 0.568. The van der Waals surface area contributed by atoms with Gasteiger partial charge in [-0.3, -0.25) is 0 Å². The van der Waals surface area contributed by atoms with Crippen LogP contribution in [0.3, 0.4) is 0 Å². The molecular formula is C14H13BrClO3S+. The minimum absolute atomic E-state index is 0.165. The number of methoxy groups -OCH3 is 1. The highest BCUT2D eigenvalue weighted by Gasteiger charge is 2.25. The molecule has 1 aromatic heterocycles. The number of carbonyl (C=O) groups excluding carboxylic acids is 1. The summed E-state index contributed by atoms with van der Waals surface area (Å²) in [4.78, 5) is 10.3. The predicted molar refractivity (Wildman–Crippen MR) is 85.6 cm³/mol. The van der Waals surface area contributed by atoms with Crippen LogP contribution in [0.5, 0.6) is 5.75 Å². The first-order chi connectivity index (χ1) is 9.52. The lowest BCUT2D eigenvalue weighted by Crippen LogP contribution is -2.07. The molecule has 1 aromatic carbocycles. The Morgan fingerprint density at radius 2 is 2.10 bits per heavy atom. The van der Waals surface area contributed by atoms with Gasteiger partial charge in [0.25, 0.3) is 0 Å². The highest BCUT2D eigenvalue weighted by molar-refractivity contribution is 9.11. The van der Waals surface area contributed by atoms with Gasteiger partial charge in [-0.2, -0.15) is 0 Å². The van der Waals surface area contributed by atoms with Crippen molar-refractivity contribution in [1.82, 2.24) is 0 Å². The van der Waals surface area contributed by atoms with E-state index in [9.17, 15) is 4.79 Å². The van der Waals surface area contributed by atoms with Crippen LogP contribution in [0.4, 0.5) is 0 Å². The summed E-state index contributed by atoms with van der Waals surface area (Å²) in [5.74, 6) is 0.385. The molecule has 2 aromatic rings. The van der Waals surface area contributed by atoms with Crippen LogP contribution in [-0.4, -0.2) is 17.9 Å². The van der Waals surface area contributed by atoms with Crippen LogP contribution in [-0.2, 0) is 4.74 Å². The Labute approximate surface area is 134 Å². The molecule has 1 atom stereocenters. The van der Waals surface area contributed by atoms with Crippen molar-refractivity contribution in [2.45, 2.75) is 13.0 Å². The molecule has 0 aliphatic carbocycles. The normalized spacial score (nSPS) is 12.0. The molecule has 0 fully saturated rings. The number of ether oxygens (including phenoxy) is 2. The van der Waals surface area contributed by atoms with E-state index in [0.29, 0.717) is 15.6 Å². The monoisotopic (exact) mass is 375 g/mol. The fraction of sp³-hybridized carbons (Fsp3) is 0.214. The van der Waals surface area contributed by atoms with Crippen LogP contribution in [0.15, 0.2) is 34.1 Å². The summed E-state index contributed by atoms with van der Waals surface area (Å²) < 4.78 is 11.6. The van der Waals surface area contributed by atoms with E-state index in [2.05, 4.69) is 15.9 Å². The number of rotatable bonds is 4. The molecule has 0 saturated heterocycles. The Balaban J connectivity index is 2.26. The molecule has 0 spiro atoms. The summed E-state index contributed by atoms with van der Waals surface area (Å²) in [6.45, 7) is 1.90. The highest BCUT2D eigenvalue weighted by Crippen LogP contribution is 2.36. The fourth-order valence-corrected chi connectivity index (χ4v) is 3.46. The van der Waals surface area contributed by atoms with Crippen molar-refractivity contribution in [2.24, 2.45) is 0 Å². The number of esters is 1. The maximum absolute atomic E-state index is 9.74. The van der Waals surface area contributed by atoms with Gasteiger partial charge in [0.1, 0.15) is 6.10 Å². The molecule has 1 N–H and O–H groups in total. The number of hydrogen-bond donors (Lipinski definition) is 0. The van der Waals surface area contributed by atoms with Crippen LogP contribution in [0.2, 0.25) is 5.02 Å². The van der Waals surface area contributed by atoms with Gasteiger partial charge in [0, 0.05) is 16.7 Å². The average Bonchev–Trinajstić information content (AvgIpc) is 2.79. The standard InChI is InChI=1S/C14H12BrClO3S/c1-8(9-5-3-4-6-10(9)16)19-11-7-12(15)20-13(11)14(17)18-2/h3-8H,1-2H3/p+1. The van der Waals surface area contributed by atoms with Gasteiger partial charge in [-0.25, -0.2) is 0 Å². The Morgan fingerprint density at radius 1 is 1.40 bits per heavy atom. The SMILES string of the molecule is COC(=[OH+])c1sc(Br)cc1OC(C)c1ccccc1Cl. The van der Waals surface area contributed by atoms with Crippen molar-refractivity contribution in [3.8, 4) is 5.75 Å². The topological polar surface area (TPSA) is 39.9 Å². The maximum atomic E-state index is 9.74. The summed E-state index contributed by atoms with van der Waals surface area (Å²) in [5.41, 5.74) is 0.888. The molecule has 2 rings (SSSR count). The van der Waals surface area contributed by atoms with E-state index in [1.807, 2.05) is 31.2 Å². The summed E-state index contributed by atoms with van der Waals surface area (Å²) in [6.07, 6.45) is -0.242. The van der Waals surface area contributed by atoms with Crippen molar-refractivity contribution in [3.63, 3.8) is 0 Å². The molecule has 0 radical (unpaired) electrons. The number of hydrogen-bond acceptors (Lipinski definition) is 3. The second kappa shape index (κ2) is 6.61. The Morgan fingerprint density at radius 3 is 2.75 bits per heavy atom. The Bertz CT molecular complexity index is 627. The summed E-state index contributed by atoms with van der Waals surface area (Å²) in [6, 6.07) is 9.30. The zero-order valence-corrected chi connectivity index (χ0v) is 14.1. The summed E-state index contributed by atoms with van der Waals surface area (Å²) in [5, 5.41) is 0.649. The lowest BCUT2D eigenvalue weighted by atomic mass is 10.1. The van der Waals surface area contributed by atoms with E-state index in [4.69, 9.17) is 21.1 Å².